The second kappa shape index (κ2) is 55.2. The lowest BCUT2D eigenvalue weighted by Crippen LogP contribution is -2.30. The van der Waals surface area contributed by atoms with Crippen molar-refractivity contribution in [2.75, 3.05) is 13.2 Å². The number of ether oxygens (including phenoxy) is 3. The number of carbonyl (C=O) groups excluding carboxylic acids is 3. The Morgan fingerprint density at radius 1 is 0.288 bits per heavy atom. The van der Waals surface area contributed by atoms with Crippen molar-refractivity contribution in [3.63, 3.8) is 0 Å². The summed E-state index contributed by atoms with van der Waals surface area (Å²) in [6.45, 7) is 6.64. The zero-order valence-electron chi connectivity index (χ0n) is 44.2. The molecule has 1 atom stereocenters. The highest BCUT2D eigenvalue weighted by atomic mass is 16.6. The molecule has 0 aliphatic rings. The lowest BCUT2D eigenvalue weighted by Gasteiger charge is -2.18. The van der Waals surface area contributed by atoms with Crippen LogP contribution in [0.2, 0.25) is 0 Å². The van der Waals surface area contributed by atoms with E-state index in [4.69, 9.17) is 14.2 Å². The summed E-state index contributed by atoms with van der Waals surface area (Å²) >= 11 is 0. The van der Waals surface area contributed by atoms with Gasteiger partial charge in [0, 0.05) is 19.3 Å². The van der Waals surface area contributed by atoms with Gasteiger partial charge in [0.05, 0.1) is 0 Å². The molecule has 0 fully saturated rings. The molecule has 0 aliphatic heterocycles. The SMILES string of the molecule is CCCCCCCC/C=C\CCCCCCCCCC(=O)OCC(COC(=O)CCCCC/C=C\CCCCCCCCC)OC(=O)CCCCCCCCC/C=C\CCCCCCCC. The molecule has 386 valence electrons. The Hall–Kier alpha value is -2.37. The van der Waals surface area contributed by atoms with E-state index in [1.54, 1.807) is 0 Å². The van der Waals surface area contributed by atoms with E-state index in [1.807, 2.05) is 0 Å². The quantitative estimate of drug-likeness (QED) is 0.0262. The molecule has 66 heavy (non-hydrogen) atoms. The van der Waals surface area contributed by atoms with Crippen LogP contribution in [0.25, 0.3) is 0 Å². The van der Waals surface area contributed by atoms with Crippen LogP contribution in [-0.4, -0.2) is 37.2 Å². The lowest BCUT2D eigenvalue weighted by molar-refractivity contribution is -0.167. The van der Waals surface area contributed by atoms with Gasteiger partial charge in [0.25, 0.3) is 0 Å². The average Bonchev–Trinajstić information content (AvgIpc) is 3.31. The molecule has 0 heterocycles. The van der Waals surface area contributed by atoms with Crippen molar-refractivity contribution >= 4 is 17.9 Å². The van der Waals surface area contributed by atoms with Crippen LogP contribution in [0.3, 0.4) is 0 Å². The molecule has 0 N–H and O–H groups in total. The van der Waals surface area contributed by atoms with Crippen LogP contribution >= 0.6 is 0 Å². The van der Waals surface area contributed by atoms with Gasteiger partial charge < -0.3 is 14.2 Å². The second-order valence-corrected chi connectivity index (χ2v) is 19.5. The van der Waals surface area contributed by atoms with Crippen LogP contribution in [0.15, 0.2) is 36.5 Å². The molecule has 1 unspecified atom stereocenters. The Bertz CT molecular complexity index is 1110. The average molecular weight is 928 g/mol. The summed E-state index contributed by atoms with van der Waals surface area (Å²) in [7, 11) is 0. The first-order valence-electron chi connectivity index (χ1n) is 29.0. The van der Waals surface area contributed by atoms with Crippen molar-refractivity contribution in [1.82, 2.24) is 0 Å². The molecule has 0 saturated heterocycles. The maximum absolute atomic E-state index is 12.8. The maximum Gasteiger partial charge on any atom is 0.306 e. The fraction of sp³-hybridized carbons (Fsp3) is 0.850. The van der Waals surface area contributed by atoms with Crippen molar-refractivity contribution in [2.45, 2.75) is 316 Å². The molecule has 0 aromatic carbocycles. The number of unbranched alkanes of at least 4 members (excludes halogenated alkanes) is 36. The molecule has 0 bridgehead atoms. The van der Waals surface area contributed by atoms with E-state index in [-0.39, 0.29) is 31.1 Å². The molecule has 6 heteroatoms. The van der Waals surface area contributed by atoms with Gasteiger partial charge in [-0.15, -0.1) is 0 Å². The Morgan fingerprint density at radius 3 is 0.773 bits per heavy atom. The Kier molecular flexibility index (Phi) is 53.2. The van der Waals surface area contributed by atoms with Gasteiger partial charge in [-0.2, -0.15) is 0 Å². The first kappa shape index (κ1) is 63.6. The van der Waals surface area contributed by atoms with Gasteiger partial charge in [-0.1, -0.05) is 231 Å². The van der Waals surface area contributed by atoms with Crippen LogP contribution < -0.4 is 0 Å². The molecule has 0 aromatic heterocycles. The summed E-state index contributed by atoms with van der Waals surface area (Å²) in [6.07, 6.45) is 65.6. The van der Waals surface area contributed by atoms with Crippen molar-refractivity contribution in [2.24, 2.45) is 0 Å². The van der Waals surface area contributed by atoms with Crippen molar-refractivity contribution in [3.05, 3.63) is 36.5 Å². The monoisotopic (exact) mass is 927 g/mol. The van der Waals surface area contributed by atoms with E-state index in [9.17, 15) is 14.4 Å². The van der Waals surface area contributed by atoms with E-state index in [0.717, 1.165) is 70.6 Å². The van der Waals surface area contributed by atoms with E-state index in [0.29, 0.717) is 19.3 Å². The molecule has 6 nitrogen and oxygen atoms in total. The van der Waals surface area contributed by atoms with Gasteiger partial charge >= 0.3 is 17.9 Å². The topological polar surface area (TPSA) is 78.9 Å². The largest absolute Gasteiger partial charge is 0.462 e. The number of allylic oxidation sites excluding steroid dienone is 6. The molecule has 0 rings (SSSR count). The first-order valence-corrected chi connectivity index (χ1v) is 29.0. The number of hydrogen-bond acceptors (Lipinski definition) is 6. The summed E-state index contributed by atoms with van der Waals surface area (Å²) in [6, 6.07) is 0. The normalized spacial score (nSPS) is 12.2. The second-order valence-electron chi connectivity index (χ2n) is 19.5. The lowest BCUT2D eigenvalue weighted by atomic mass is 10.1. The third-order valence-corrected chi connectivity index (χ3v) is 12.8. The minimum Gasteiger partial charge on any atom is -0.462 e. The predicted octanol–water partition coefficient (Wildman–Crippen LogP) is 19.3. The number of hydrogen-bond donors (Lipinski definition) is 0. The summed E-state index contributed by atoms with van der Waals surface area (Å²) < 4.78 is 16.9. The molecule has 0 radical (unpaired) electrons. The van der Waals surface area contributed by atoms with Crippen LogP contribution in [0, 0.1) is 0 Å². The number of carbonyl (C=O) groups is 3. The summed E-state index contributed by atoms with van der Waals surface area (Å²) in [5, 5.41) is 0. The fourth-order valence-corrected chi connectivity index (χ4v) is 8.43. The smallest absolute Gasteiger partial charge is 0.306 e. The molecule has 0 saturated carbocycles. The van der Waals surface area contributed by atoms with Crippen molar-refractivity contribution in [3.8, 4) is 0 Å². The molecule has 0 amide bonds. The predicted molar refractivity (Wildman–Crippen MR) is 284 cm³/mol. The van der Waals surface area contributed by atoms with Crippen LogP contribution in [-0.2, 0) is 28.6 Å². The van der Waals surface area contributed by atoms with Gasteiger partial charge in [-0.3, -0.25) is 14.4 Å². The Balaban J connectivity index is 4.37. The minimum absolute atomic E-state index is 0.0787. The van der Waals surface area contributed by atoms with Crippen LogP contribution in [0.5, 0.6) is 0 Å². The molecule has 0 aliphatic carbocycles. The van der Waals surface area contributed by atoms with E-state index in [2.05, 4.69) is 57.2 Å². The highest BCUT2D eigenvalue weighted by Gasteiger charge is 2.19. The van der Waals surface area contributed by atoms with Crippen molar-refractivity contribution < 1.29 is 28.6 Å². The zero-order chi connectivity index (χ0) is 47.9. The summed E-state index contributed by atoms with van der Waals surface area (Å²) in [4.78, 5) is 38.1. The summed E-state index contributed by atoms with van der Waals surface area (Å²) in [5.74, 6) is -0.888. The van der Waals surface area contributed by atoms with E-state index >= 15 is 0 Å². The van der Waals surface area contributed by atoms with E-state index < -0.39 is 6.10 Å². The number of rotatable bonds is 53. The maximum atomic E-state index is 12.8. The number of esters is 3. The highest BCUT2D eigenvalue weighted by Crippen LogP contribution is 2.15. The minimum atomic E-state index is -0.780. The summed E-state index contributed by atoms with van der Waals surface area (Å²) in [5.41, 5.74) is 0. The molecular formula is C60H110O6. The Morgan fingerprint density at radius 2 is 0.500 bits per heavy atom. The standard InChI is InChI=1S/C60H110O6/c1-4-7-10-13-16-19-22-25-28-30-32-35-38-41-44-47-50-53-59(62)65-56-57(55-64-58(61)52-49-46-43-40-37-34-27-24-21-18-15-12-9-6-3)66-60(63)54-51-48-45-42-39-36-33-31-29-26-23-20-17-14-11-8-5-2/h25-26,28-29,34,37,57H,4-24,27,30-33,35-36,38-56H2,1-3H3/b28-25-,29-26-,37-34-. The van der Waals surface area contributed by atoms with Crippen molar-refractivity contribution in [1.29, 1.82) is 0 Å². The molecule has 0 spiro atoms. The van der Waals surface area contributed by atoms with Gasteiger partial charge in [0.15, 0.2) is 6.10 Å². The molecule has 0 aromatic rings. The zero-order valence-corrected chi connectivity index (χ0v) is 44.2. The van der Waals surface area contributed by atoms with Crippen LogP contribution in [0.1, 0.15) is 310 Å². The van der Waals surface area contributed by atoms with Gasteiger partial charge in [0.2, 0.25) is 0 Å². The van der Waals surface area contributed by atoms with Gasteiger partial charge in [0.1, 0.15) is 13.2 Å². The third-order valence-electron chi connectivity index (χ3n) is 12.8. The highest BCUT2D eigenvalue weighted by molar-refractivity contribution is 5.71. The Labute approximate surface area is 410 Å². The fourth-order valence-electron chi connectivity index (χ4n) is 8.43. The van der Waals surface area contributed by atoms with Gasteiger partial charge in [-0.05, 0) is 96.3 Å². The van der Waals surface area contributed by atoms with Gasteiger partial charge in [-0.25, -0.2) is 0 Å². The van der Waals surface area contributed by atoms with E-state index in [1.165, 1.54) is 199 Å². The molecular weight excluding hydrogens is 817 g/mol. The van der Waals surface area contributed by atoms with Crippen LogP contribution in [0.4, 0.5) is 0 Å². The third kappa shape index (κ3) is 52.6. The first-order chi connectivity index (χ1) is 32.5.